The van der Waals surface area contributed by atoms with E-state index in [9.17, 15) is 28.8 Å². The third-order valence-electron chi connectivity index (χ3n) is 11.6. The van der Waals surface area contributed by atoms with Crippen molar-refractivity contribution in [3.8, 4) is 0 Å². The third kappa shape index (κ3) is 7.48. The number of hydrogen-bond donors (Lipinski definition) is 3. The maximum absolute atomic E-state index is 13.5. The second-order valence-electron chi connectivity index (χ2n) is 15.3. The lowest BCUT2D eigenvalue weighted by atomic mass is 10.0. The molecule has 3 N–H and O–H groups in total. The number of carbonyl (C=O) groups excluding carboxylic acids is 5. The number of ketones is 1. The molecule has 1 saturated carbocycles. The number of aromatic nitrogens is 4. The highest BCUT2D eigenvalue weighted by atomic mass is 16.2. The monoisotopic (exact) mass is 774 g/mol. The maximum Gasteiger partial charge on any atom is 0.263 e. The number of Topliss-reactive ketones (excluding diaryl/α,β-unsaturated/α-hetero) is 1. The van der Waals surface area contributed by atoms with Crippen molar-refractivity contribution in [2.75, 3.05) is 54.8 Å². The average Bonchev–Trinajstić information content (AvgIpc) is 3.81. The Morgan fingerprint density at radius 3 is 2.39 bits per heavy atom. The maximum atomic E-state index is 13.5. The van der Waals surface area contributed by atoms with Crippen LogP contribution in [0.25, 0.3) is 11.0 Å². The molecule has 4 aromatic rings. The number of anilines is 4. The molecule has 57 heavy (non-hydrogen) atoms. The number of amides is 4. The predicted octanol–water partition coefficient (Wildman–Crippen LogP) is 3.97. The van der Waals surface area contributed by atoms with Crippen LogP contribution in [0.3, 0.4) is 0 Å². The van der Waals surface area contributed by atoms with Crippen LogP contribution in [-0.2, 0) is 9.59 Å². The lowest BCUT2D eigenvalue weighted by molar-refractivity contribution is -0.136. The topological polar surface area (TPSA) is 192 Å². The SMILES string of the molecule is CC(=O)c1c(C)c2cnc(Nc3ccc(N4CCN(CCCCNc5ccc6c(c5)C(=O)N(C5CCC(=O)NC5=O)C6=O)CC4)cn3)nc2n(C2CCCC2)c1=O. The number of rotatable bonds is 12. The molecule has 0 radical (unpaired) electrons. The van der Waals surface area contributed by atoms with Crippen LogP contribution in [-0.4, -0.2) is 104 Å². The zero-order chi connectivity index (χ0) is 39.8. The molecule has 3 aromatic heterocycles. The molecule has 1 unspecified atom stereocenters. The lowest BCUT2D eigenvalue weighted by Gasteiger charge is -2.36. The number of nitrogens with zero attached hydrogens (tertiary/aromatic N) is 7. The number of fused-ring (bicyclic) bond motifs is 2. The Hall–Kier alpha value is -6.03. The average molecular weight is 775 g/mol. The van der Waals surface area contributed by atoms with Crippen molar-refractivity contribution in [3.05, 3.63) is 75.3 Å². The van der Waals surface area contributed by atoms with Gasteiger partial charge >= 0.3 is 0 Å². The Bertz CT molecular complexity index is 2330. The summed E-state index contributed by atoms with van der Waals surface area (Å²) in [5, 5.41) is 9.48. The molecule has 16 nitrogen and oxygen atoms in total. The van der Waals surface area contributed by atoms with E-state index in [1.165, 1.54) is 6.92 Å². The fourth-order valence-electron chi connectivity index (χ4n) is 8.57. The van der Waals surface area contributed by atoms with E-state index in [1.807, 2.05) is 18.3 Å². The van der Waals surface area contributed by atoms with E-state index >= 15 is 0 Å². The third-order valence-corrected chi connectivity index (χ3v) is 11.6. The van der Waals surface area contributed by atoms with E-state index in [-0.39, 0.29) is 46.9 Å². The minimum absolute atomic E-state index is 0.00511. The van der Waals surface area contributed by atoms with Crippen LogP contribution >= 0.6 is 0 Å². The predicted molar refractivity (Wildman–Crippen MR) is 213 cm³/mol. The summed E-state index contributed by atoms with van der Waals surface area (Å²) in [4.78, 5) is 95.7. The second-order valence-corrected chi connectivity index (χ2v) is 15.3. The van der Waals surface area contributed by atoms with Gasteiger partial charge in [-0.2, -0.15) is 4.98 Å². The van der Waals surface area contributed by atoms with Gasteiger partial charge in [0.2, 0.25) is 17.8 Å². The van der Waals surface area contributed by atoms with Crippen LogP contribution in [0.1, 0.15) is 101 Å². The summed E-state index contributed by atoms with van der Waals surface area (Å²) in [6.45, 7) is 8.48. The number of nitrogens with one attached hydrogen (secondary N) is 3. The van der Waals surface area contributed by atoms with Gasteiger partial charge in [0, 0.05) is 62.5 Å². The Kier molecular flexibility index (Phi) is 10.5. The highest BCUT2D eigenvalue weighted by molar-refractivity contribution is 6.23. The van der Waals surface area contributed by atoms with E-state index in [0.717, 1.165) is 87.5 Å². The molecule has 4 aliphatic rings. The number of piperidine rings is 1. The number of carbonyl (C=O) groups is 5. The molecule has 1 atom stereocenters. The molecule has 16 heteroatoms. The summed E-state index contributed by atoms with van der Waals surface area (Å²) in [6.07, 6.45) is 9.48. The quantitative estimate of drug-likeness (QED) is 0.107. The zero-order valence-electron chi connectivity index (χ0n) is 32.2. The van der Waals surface area contributed by atoms with E-state index in [1.54, 1.807) is 35.9 Å². The molecule has 2 saturated heterocycles. The number of piperazine rings is 1. The van der Waals surface area contributed by atoms with Gasteiger partial charge in [-0.15, -0.1) is 0 Å². The molecular weight excluding hydrogens is 729 g/mol. The van der Waals surface area contributed by atoms with Gasteiger partial charge in [0.25, 0.3) is 17.4 Å². The van der Waals surface area contributed by atoms with E-state index < -0.39 is 29.7 Å². The van der Waals surface area contributed by atoms with Crippen molar-refractivity contribution in [1.82, 2.24) is 34.6 Å². The van der Waals surface area contributed by atoms with E-state index in [0.29, 0.717) is 34.9 Å². The van der Waals surface area contributed by atoms with Crippen LogP contribution in [0.2, 0.25) is 0 Å². The standard InChI is InChI=1S/C41H46N10O6/c1-24-31-23-44-41(47-36(31)50(27-7-3-4-8-27)40(57)35(24)25(2)52)45-33-13-10-28(22-43-33)49-19-17-48(18-20-49)16-6-5-15-42-26-9-11-29-30(21-26)39(56)51(38(29)55)32-12-14-34(53)46-37(32)54/h9-11,13,21-23,27,32,42H,3-8,12,14-20H2,1-2H3,(H,46,53,54)(H,43,44,45,47). The Balaban J connectivity index is 0.803. The van der Waals surface area contributed by atoms with Crippen molar-refractivity contribution >= 4 is 63.6 Å². The van der Waals surface area contributed by atoms with Crippen LogP contribution in [0.5, 0.6) is 0 Å². The van der Waals surface area contributed by atoms with Gasteiger partial charge in [0.05, 0.1) is 28.6 Å². The Morgan fingerprint density at radius 1 is 0.895 bits per heavy atom. The Labute approximate surface area is 329 Å². The minimum Gasteiger partial charge on any atom is -0.385 e. The molecule has 3 aliphatic heterocycles. The molecule has 296 valence electrons. The van der Waals surface area contributed by atoms with Gasteiger partial charge in [-0.1, -0.05) is 12.8 Å². The number of hydrogen-bond acceptors (Lipinski definition) is 13. The van der Waals surface area contributed by atoms with Crippen molar-refractivity contribution in [1.29, 1.82) is 0 Å². The largest absolute Gasteiger partial charge is 0.385 e. The molecule has 1 aromatic carbocycles. The smallest absolute Gasteiger partial charge is 0.263 e. The van der Waals surface area contributed by atoms with Crippen molar-refractivity contribution in [2.24, 2.45) is 0 Å². The molecule has 0 spiro atoms. The fourth-order valence-corrected chi connectivity index (χ4v) is 8.57. The van der Waals surface area contributed by atoms with Gasteiger partial charge in [0.1, 0.15) is 17.5 Å². The van der Waals surface area contributed by atoms with Gasteiger partial charge in [-0.3, -0.25) is 48.5 Å². The summed E-state index contributed by atoms with van der Waals surface area (Å²) in [7, 11) is 0. The lowest BCUT2D eigenvalue weighted by Crippen LogP contribution is -2.54. The van der Waals surface area contributed by atoms with E-state index in [4.69, 9.17) is 4.98 Å². The Morgan fingerprint density at radius 2 is 1.67 bits per heavy atom. The van der Waals surface area contributed by atoms with Crippen LogP contribution in [0, 0.1) is 6.92 Å². The number of benzene rings is 1. The van der Waals surface area contributed by atoms with Gasteiger partial charge in [0.15, 0.2) is 5.78 Å². The van der Waals surface area contributed by atoms with Crippen LogP contribution in [0.15, 0.2) is 47.5 Å². The summed E-state index contributed by atoms with van der Waals surface area (Å²) in [6, 6.07) is 8.01. The van der Waals surface area contributed by atoms with Gasteiger partial charge in [-0.05, 0) is 88.4 Å². The minimum atomic E-state index is -0.980. The summed E-state index contributed by atoms with van der Waals surface area (Å²) < 4.78 is 1.71. The zero-order valence-corrected chi connectivity index (χ0v) is 32.2. The first-order valence-electron chi connectivity index (χ1n) is 19.8. The van der Waals surface area contributed by atoms with Crippen LogP contribution in [0.4, 0.5) is 23.1 Å². The molecule has 3 fully saturated rings. The highest BCUT2D eigenvalue weighted by Crippen LogP contribution is 2.33. The molecule has 6 heterocycles. The summed E-state index contributed by atoms with van der Waals surface area (Å²) >= 11 is 0. The van der Waals surface area contributed by atoms with Crippen molar-refractivity contribution in [3.63, 3.8) is 0 Å². The first kappa shape index (κ1) is 37.9. The van der Waals surface area contributed by atoms with Crippen LogP contribution < -0.4 is 26.4 Å². The number of imide groups is 2. The highest BCUT2D eigenvalue weighted by Gasteiger charge is 2.44. The van der Waals surface area contributed by atoms with Crippen molar-refractivity contribution in [2.45, 2.75) is 77.3 Å². The fraction of sp³-hybridized carbons (Fsp3) is 0.439. The normalized spacial score (nSPS) is 19.0. The van der Waals surface area contributed by atoms with E-state index in [2.05, 4.69) is 35.7 Å². The second kappa shape index (κ2) is 15.8. The molecule has 1 aliphatic carbocycles. The summed E-state index contributed by atoms with van der Waals surface area (Å²) in [5.74, 6) is -1.36. The van der Waals surface area contributed by atoms with Gasteiger partial charge < -0.3 is 15.5 Å². The first-order valence-corrected chi connectivity index (χ1v) is 19.8. The molecular formula is C41H46N10O6. The molecule has 4 amide bonds. The van der Waals surface area contributed by atoms with Gasteiger partial charge in [-0.25, -0.2) is 9.97 Å². The van der Waals surface area contributed by atoms with Crippen molar-refractivity contribution < 1.29 is 24.0 Å². The number of pyridine rings is 2. The number of unbranched alkanes of at least 4 members (excludes halogenated alkanes) is 1. The first-order chi connectivity index (χ1) is 27.6. The molecule has 8 rings (SSSR count). The molecule has 0 bridgehead atoms. The number of aryl methyl sites for hydroxylation is 1. The summed E-state index contributed by atoms with van der Waals surface area (Å²) in [5.41, 5.74) is 3.37.